The first-order chi connectivity index (χ1) is 16.1. The number of methoxy groups -OCH3 is 1. The van der Waals surface area contributed by atoms with E-state index in [4.69, 9.17) is 9.84 Å². The molecule has 1 atom stereocenters. The van der Waals surface area contributed by atoms with Crippen molar-refractivity contribution in [3.63, 3.8) is 0 Å². The lowest BCUT2D eigenvalue weighted by molar-refractivity contribution is -0.138. The molecule has 11 heteroatoms. The zero-order chi connectivity index (χ0) is 25.0. The van der Waals surface area contributed by atoms with Crippen LogP contribution in [-0.4, -0.2) is 60.1 Å². The van der Waals surface area contributed by atoms with Gasteiger partial charge in [0, 0.05) is 36.3 Å². The van der Waals surface area contributed by atoms with Crippen molar-refractivity contribution < 1.29 is 33.4 Å². The van der Waals surface area contributed by atoms with E-state index in [1.165, 1.54) is 25.3 Å². The standard InChI is InChI=1S/C23H25FN4O6/c1-11-18(8-16-15-6-13(24)4-5-17(15)28-22(16)32)27-12(2)21(11)23(33)26-9-14(34-3)7-19(29)25-10-20(30)31/h4-6,8,14,27H,7,9-10H2,1-3H3,(H,25,29)(H,26,33)(H,28,32)(H,30,31)/b16-8-. The first-order valence-electron chi connectivity index (χ1n) is 10.4. The monoisotopic (exact) mass is 472 g/mol. The predicted molar refractivity (Wildman–Crippen MR) is 122 cm³/mol. The normalized spacial score (nSPS) is 14.5. The van der Waals surface area contributed by atoms with Crippen LogP contribution in [0.25, 0.3) is 11.6 Å². The second-order valence-electron chi connectivity index (χ2n) is 7.81. The Hall–Kier alpha value is -3.99. The zero-order valence-corrected chi connectivity index (χ0v) is 18.9. The number of amides is 3. The molecule has 3 rings (SSSR count). The summed E-state index contributed by atoms with van der Waals surface area (Å²) in [6.45, 7) is 2.94. The largest absolute Gasteiger partial charge is 0.480 e. The molecule has 0 saturated carbocycles. The minimum atomic E-state index is -1.16. The molecule has 0 bridgehead atoms. The van der Waals surface area contributed by atoms with Gasteiger partial charge in [-0.3, -0.25) is 19.2 Å². The Morgan fingerprint density at radius 2 is 1.97 bits per heavy atom. The smallest absolute Gasteiger partial charge is 0.322 e. The number of carboxylic acids is 1. The van der Waals surface area contributed by atoms with Crippen LogP contribution in [0.2, 0.25) is 0 Å². The Labute approximate surface area is 194 Å². The molecule has 1 aromatic carbocycles. The van der Waals surface area contributed by atoms with Crippen molar-refractivity contribution in [2.24, 2.45) is 0 Å². The van der Waals surface area contributed by atoms with E-state index >= 15 is 0 Å². The molecule has 0 saturated heterocycles. The average Bonchev–Trinajstić information content (AvgIpc) is 3.24. The molecule has 2 aromatic rings. The maximum absolute atomic E-state index is 13.7. The van der Waals surface area contributed by atoms with E-state index in [1.54, 1.807) is 19.9 Å². The molecule has 1 aliphatic rings. The number of carboxylic acid groups (broad SMARTS) is 1. The summed E-state index contributed by atoms with van der Waals surface area (Å²) in [5.74, 6) is -2.93. The van der Waals surface area contributed by atoms with Crippen molar-refractivity contribution in [2.45, 2.75) is 26.4 Å². The number of carbonyl (C=O) groups is 4. The topological polar surface area (TPSA) is 150 Å². The summed E-state index contributed by atoms with van der Waals surface area (Å²) in [6, 6.07) is 4.02. The Bertz CT molecular complexity index is 1190. The number of fused-ring (bicyclic) bond motifs is 1. The quantitative estimate of drug-likeness (QED) is 0.350. The molecule has 1 unspecified atom stereocenters. The van der Waals surface area contributed by atoms with Crippen LogP contribution in [-0.2, 0) is 19.1 Å². The van der Waals surface area contributed by atoms with Crippen LogP contribution in [0.4, 0.5) is 10.1 Å². The number of ether oxygens (including phenoxy) is 1. The molecule has 0 fully saturated rings. The first kappa shape index (κ1) is 24.6. The van der Waals surface area contributed by atoms with Gasteiger partial charge in [0.05, 0.1) is 23.7 Å². The predicted octanol–water partition coefficient (Wildman–Crippen LogP) is 1.60. The van der Waals surface area contributed by atoms with Gasteiger partial charge in [-0.25, -0.2) is 4.39 Å². The molecule has 2 heterocycles. The van der Waals surface area contributed by atoms with Crippen molar-refractivity contribution >= 4 is 41.0 Å². The fourth-order valence-electron chi connectivity index (χ4n) is 3.69. The Morgan fingerprint density at radius 3 is 2.65 bits per heavy atom. The summed E-state index contributed by atoms with van der Waals surface area (Å²) < 4.78 is 18.9. The maximum Gasteiger partial charge on any atom is 0.322 e. The molecule has 5 N–H and O–H groups in total. The van der Waals surface area contributed by atoms with E-state index in [9.17, 15) is 23.6 Å². The van der Waals surface area contributed by atoms with E-state index in [1.807, 2.05) is 0 Å². The molecular weight excluding hydrogens is 447 g/mol. The number of anilines is 1. The second-order valence-corrected chi connectivity index (χ2v) is 7.81. The zero-order valence-electron chi connectivity index (χ0n) is 18.9. The molecule has 1 aromatic heterocycles. The molecule has 1 aliphatic heterocycles. The van der Waals surface area contributed by atoms with Crippen LogP contribution in [0.5, 0.6) is 0 Å². The van der Waals surface area contributed by atoms with Crippen molar-refractivity contribution in [2.75, 3.05) is 25.5 Å². The van der Waals surface area contributed by atoms with E-state index in [-0.39, 0.29) is 24.4 Å². The number of carbonyl (C=O) groups excluding carboxylic acids is 3. The van der Waals surface area contributed by atoms with Gasteiger partial charge in [-0.05, 0) is 43.7 Å². The number of hydrogen-bond donors (Lipinski definition) is 5. The summed E-state index contributed by atoms with van der Waals surface area (Å²) in [5, 5.41) is 16.3. The van der Waals surface area contributed by atoms with Gasteiger partial charge in [0.1, 0.15) is 12.4 Å². The highest BCUT2D eigenvalue weighted by Crippen LogP contribution is 2.34. The van der Waals surface area contributed by atoms with E-state index < -0.39 is 36.2 Å². The minimum Gasteiger partial charge on any atom is -0.480 e. The van der Waals surface area contributed by atoms with Crippen LogP contribution < -0.4 is 16.0 Å². The molecule has 0 radical (unpaired) electrons. The number of aromatic amines is 1. The van der Waals surface area contributed by atoms with Crippen LogP contribution in [0.1, 0.15) is 39.3 Å². The number of aliphatic carboxylic acids is 1. The van der Waals surface area contributed by atoms with E-state index in [2.05, 4.69) is 20.9 Å². The third-order valence-electron chi connectivity index (χ3n) is 5.43. The number of nitrogens with one attached hydrogen (secondary N) is 4. The van der Waals surface area contributed by atoms with Gasteiger partial charge in [0.2, 0.25) is 5.91 Å². The van der Waals surface area contributed by atoms with E-state index in [0.717, 1.165) is 0 Å². The Kier molecular flexibility index (Phi) is 7.47. The first-order valence-corrected chi connectivity index (χ1v) is 10.4. The number of aromatic nitrogens is 1. The molecule has 180 valence electrons. The highest BCUT2D eigenvalue weighted by atomic mass is 19.1. The van der Waals surface area contributed by atoms with Crippen molar-refractivity contribution in [3.05, 3.63) is 52.1 Å². The third-order valence-corrected chi connectivity index (χ3v) is 5.43. The molecule has 10 nitrogen and oxygen atoms in total. The summed E-state index contributed by atoms with van der Waals surface area (Å²) in [6.07, 6.45) is 0.787. The highest BCUT2D eigenvalue weighted by molar-refractivity contribution is 6.34. The molecular formula is C23H25FN4O6. The number of hydrogen-bond acceptors (Lipinski definition) is 5. The summed E-state index contributed by atoms with van der Waals surface area (Å²) in [5.41, 5.74) is 3.27. The minimum absolute atomic E-state index is 0.0192. The third kappa shape index (κ3) is 5.49. The van der Waals surface area contributed by atoms with Gasteiger partial charge in [0.25, 0.3) is 11.8 Å². The summed E-state index contributed by atoms with van der Waals surface area (Å²) in [7, 11) is 1.38. The van der Waals surface area contributed by atoms with Gasteiger partial charge in [-0.2, -0.15) is 0 Å². The van der Waals surface area contributed by atoms with Gasteiger partial charge in [-0.15, -0.1) is 0 Å². The number of aryl methyl sites for hydroxylation is 1. The second kappa shape index (κ2) is 10.3. The van der Waals surface area contributed by atoms with Crippen molar-refractivity contribution in [1.29, 1.82) is 0 Å². The van der Waals surface area contributed by atoms with Gasteiger partial charge >= 0.3 is 5.97 Å². The number of halogens is 1. The highest BCUT2D eigenvalue weighted by Gasteiger charge is 2.26. The lowest BCUT2D eigenvalue weighted by Gasteiger charge is -2.16. The van der Waals surface area contributed by atoms with Crippen LogP contribution in [0.15, 0.2) is 18.2 Å². The molecule has 34 heavy (non-hydrogen) atoms. The van der Waals surface area contributed by atoms with Gasteiger partial charge in [-0.1, -0.05) is 0 Å². The molecule has 3 amide bonds. The lowest BCUT2D eigenvalue weighted by atomic mass is 10.0. The maximum atomic E-state index is 13.7. The SMILES string of the molecule is COC(CNC(=O)c1c(C)[nH]c(/C=C2\C(=O)Nc3ccc(F)cc32)c1C)CC(=O)NCC(=O)O. The van der Waals surface area contributed by atoms with Crippen molar-refractivity contribution in [3.8, 4) is 0 Å². The number of benzene rings is 1. The van der Waals surface area contributed by atoms with Crippen molar-refractivity contribution in [1.82, 2.24) is 15.6 Å². The Morgan fingerprint density at radius 1 is 1.24 bits per heavy atom. The van der Waals surface area contributed by atoms with Crippen LogP contribution in [0, 0.1) is 19.7 Å². The molecule has 0 spiro atoms. The van der Waals surface area contributed by atoms with E-state index in [0.29, 0.717) is 33.8 Å². The van der Waals surface area contributed by atoms with Gasteiger partial charge < -0.3 is 30.8 Å². The van der Waals surface area contributed by atoms with Gasteiger partial charge in [0.15, 0.2) is 0 Å². The summed E-state index contributed by atoms with van der Waals surface area (Å²) >= 11 is 0. The molecule has 0 aliphatic carbocycles. The average molecular weight is 472 g/mol. The Balaban J connectivity index is 1.73. The number of rotatable bonds is 9. The fraction of sp³-hybridized carbons (Fsp3) is 0.304. The fourth-order valence-corrected chi connectivity index (χ4v) is 3.69. The number of H-pyrrole nitrogens is 1. The lowest BCUT2D eigenvalue weighted by Crippen LogP contribution is -2.38. The van der Waals surface area contributed by atoms with Crippen LogP contribution in [0.3, 0.4) is 0 Å². The summed E-state index contributed by atoms with van der Waals surface area (Å²) in [4.78, 5) is 50.7. The van der Waals surface area contributed by atoms with Crippen LogP contribution >= 0.6 is 0 Å².